The van der Waals surface area contributed by atoms with E-state index in [-0.39, 0.29) is 0 Å². The van der Waals surface area contributed by atoms with E-state index in [1.165, 1.54) is 16.7 Å². The van der Waals surface area contributed by atoms with Crippen molar-refractivity contribution in [2.45, 2.75) is 40.4 Å². The molecule has 1 heterocycles. The number of aryl methyl sites for hydroxylation is 1. The maximum atomic E-state index is 5.63. The second-order valence-electron chi connectivity index (χ2n) is 7.57. The number of benzene rings is 2. The highest BCUT2D eigenvalue weighted by Crippen LogP contribution is 2.19. The molecule has 2 aromatic carbocycles. The summed E-state index contributed by atoms with van der Waals surface area (Å²) in [5.41, 5.74) is 5.58. The highest BCUT2D eigenvalue weighted by atomic mass is 16.3. The van der Waals surface area contributed by atoms with Crippen molar-refractivity contribution in [3.63, 3.8) is 0 Å². The van der Waals surface area contributed by atoms with Crippen LogP contribution in [0, 0.1) is 6.92 Å². The normalized spacial score (nSPS) is 11.7. The van der Waals surface area contributed by atoms with Gasteiger partial charge in [-0.05, 0) is 43.3 Å². The standard InChI is InChI=1S/C25H33N5O/c1-5-30(6-2)17-21-11-9-20(10-12-21)15-27-25(26-4)28-16-23-18-31-24(29-23)22-13-7-19(3)8-14-22/h7-14,18H,5-6,15-17H2,1-4H3,(H2,26,27,28). The van der Waals surface area contributed by atoms with Gasteiger partial charge in [-0.25, -0.2) is 4.98 Å². The summed E-state index contributed by atoms with van der Waals surface area (Å²) >= 11 is 0. The number of oxazole rings is 1. The molecule has 0 aliphatic carbocycles. The highest BCUT2D eigenvalue weighted by Gasteiger charge is 2.08. The molecule has 0 saturated heterocycles. The quantitative estimate of drug-likeness (QED) is 0.399. The average molecular weight is 420 g/mol. The molecule has 0 aliphatic rings. The second-order valence-corrected chi connectivity index (χ2v) is 7.57. The van der Waals surface area contributed by atoms with Gasteiger partial charge in [0.15, 0.2) is 5.96 Å². The van der Waals surface area contributed by atoms with E-state index in [9.17, 15) is 0 Å². The molecule has 0 atom stereocenters. The van der Waals surface area contributed by atoms with Crippen LogP contribution in [-0.2, 0) is 19.6 Å². The van der Waals surface area contributed by atoms with Crippen LogP contribution >= 0.6 is 0 Å². The molecular weight excluding hydrogens is 386 g/mol. The molecule has 0 radical (unpaired) electrons. The van der Waals surface area contributed by atoms with Crippen molar-refractivity contribution in [1.82, 2.24) is 20.5 Å². The molecule has 0 saturated carbocycles. The Bertz CT molecular complexity index is 956. The number of aliphatic imine (C=N–C) groups is 1. The van der Waals surface area contributed by atoms with Crippen molar-refractivity contribution in [2.75, 3.05) is 20.1 Å². The molecule has 0 amide bonds. The van der Waals surface area contributed by atoms with Crippen molar-refractivity contribution < 1.29 is 4.42 Å². The van der Waals surface area contributed by atoms with Gasteiger partial charge in [0.25, 0.3) is 0 Å². The van der Waals surface area contributed by atoms with E-state index in [0.29, 0.717) is 19.0 Å². The molecule has 3 aromatic rings. The Balaban J connectivity index is 1.48. The van der Waals surface area contributed by atoms with E-state index in [1.54, 1.807) is 13.3 Å². The number of guanidine groups is 1. The monoisotopic (exact) mass is 419 g/mol. The molecule has 6 nitrogen and oxygen atoms in total. The molecule has 0 spiro atoms. The van der Waals surface area contributed by atoms with Crippen LogP contribution in [0.15, 0.2) is 64.2 Å². The third-order valence-electron chi connectivity index (χ3n) is 5.29. The SMILES string of the molecule is CCN(CC)Cc1ccc(CNC(=NC)NCc2coc(-c3ccc(C)cc3)n2)cc1. The van der Waals surface area contributed by atoms with E-state index in [2.05, 4.69) is 82.7 Å². The predicted molar refractivity (Wildman–Crippen MR) is 127 cm³/mol. The van der Waals surface area contributed by atoms with Gasteiger partial charge in [0.1, 0.15) is 6.26 Å². The minimum atomic E-state index is 0.540. The first-order valence-corrected chi connectivity index (χ1v) is 10.9. The van der Waals surface area contributed by atoms with Crippen LogP contribution in [-0.4, -0.2) is 36.0 Å². The lowest BCUT2D eigenvalue weighted by Crippen LogP contribution is -2.36. The number of hydrogen-bond acceptors (Lipinski definition) is 4. The first-order valence-electron chi connectivity index (χ1n) is 10.9. The number of nitrogens with zero attached hydrogens (tertiary/aromatic N) is 3. The van der Waals surface area contributed by atoms with Crippen LogP contribution in [0.5, 0.6) is 0 Å². The summed E-state index contributed by atoms with van der Waals surface area (Å²) in [7, 11) is 1.77. The van der Waals surface area contributed by atoms with Gasteiger partial charge in [-0.1, -0.05) is 55.8 Å². The fraction of sp³-hybridized carbons (Fsp3) is 0.360. The van der Waals surface area contributed by atoms with Gasteiger partial charge >= 0.3 is 0 Å². The molecule has 0 fully saturated rings. The summed E-state index contributed by atoms with van der Waals surface area (Å²) < 4.78 is 5.63. The van der Waals surface area contributed by atoms with Gasteiger partial charge in [-0.2, -0.15) is 0 Å². The molecule has 0 unspecified atom stereocenters. The molecule has 31 heavy (non-hydrogen) atoms. The van der Waals surface area contributed by atoms with Gasteiger partial charge in [-0.3, -0.25) is 9.89 Å². The number of nitrogens with one attached hydrogen (secondary N) is 2. The Morgan fingerprint density at radius 1 is 0.935 bits per heavy atom. The largest absolute Gasteiger partial charge is 0.444 e. The summed E-state index contributed by atoms with van der Waals surface area (Å²) in [6.45, 7) is 10.8. The van der Waals surface area contributed by atoms with Crippen LogP contribution in [0.2, 0.25) is 0 Å². The maximum absolute atomic E-state index is 5.63. The summed E-state index contributed by atoms with van der Waals surface area (Å²) in [6.07, 6.45) is 1.68. The van der Waals surface area contributed by atoms with E-state index in [4.69, 9.17) is 4.42 Å². The highest BCUT2D eigenvalue weighted by molar-refractivity contribution is 5.79. The lowest BCUT2D eigenvalue weighted by molar-refractivity contribution is 0.296. The number of hydrogen-bond donors (Lipinski definition) is 2. The molecular formula is C25H33N5O. The number of aromatic nitrogens is 1. The van der Waals surface area contributed by atoms with Crippen LogP contribution in [0.3, 0.4) is 0 Å². The molecule has 6 heteroatoms. The summed E-state index contributed by atoms with van der Waals surface area (Å²) in [6, 6.07) is 16.9. The van der Waals surface area contributed by atoms with Gasteiger partial charge in [-0.15, -0.1) is 0 Å². The fourth-order valence-corrected chi connectivity index (χ4v) is 3.27. The minimum Gasteiger partial charge on any atom is -0.444 e. The van der Waals surface area contributed by atoms with Crippen LogP contribution < -0.4 is 10.6 Å². The van der Waals surface area contributed by atoms with Crippen LogP contribution in [0.1, 0.15) is 36.2 Å². The zero-order valence-corrected chi connectivity index (χ0v) is 19.0. The van der Waals surface area contributed by atoms with E-state index >= 15 is 0 Å². The molecule has 164 valence electrons. The van der Waals surface area contributed by atoms with Crippen molar-refractivity contribution in [1.29, 1.82) is 0 Å². The van der Waals surface area contributed by atoms with Crippen LogP contribution in [0.25, 0.3) is 11.5 Å². The molecule has 0 bridgehead atoms. The van der Waals surface area contributed by atoms with Crippen LogP contribution in [0.4, 0.5) is 0 Å². The van der Waals surface area contributed by atoms with Crippen molar-refractivity contribution in [2.24, 2.45) is 4.99 Å². The fourth-order valence-electron chi connectivity index (χ4n) is 3.27. The third kappa shape index (κ3) is 6.69. The Morgan fingerprint density at radius 2 is 1.58 bits per heavy atom. The van der Waals surface area contributed by atoms with Crippen molar-refractivity contribution in [3.8, 4) is 11.5 Å². The summed E-state index contributed by atoms with van der Waals surface area (Å²) in [5, 5.41) is 6.65. The Kier molecular flexibility index (Phi) is 8.24. The first kappa shape index (κ1) is 22.6. The first-order chi connectivity index (χ1) is 15.1. The van der Waals surface area contributed by atoms with Crippen molar-refractivity contribution >= 4 is 5.96 Å². The van der Waals surface area contributed by atoms with Gasteiger partial charge in [0, 0.05) is 25.7 Å². The molecule has 1 aromatic heterocycles. The zero-order valence-electron chi connectivity index (χ0n) is 19.0. The third-order valence-corrected chi connectivity index (χ3v) is 5.29. The Labute approximate surface area is 185 Å². The molecule has 2 N–H and O–H groups in total. The Morgan fingerprint density at radius 3 is 2.23 bits per heavy atom. The topological polar surface area (TPSA) is 65.7 Å². The predicted octanol–water partition coefficient (Wildman–Crippen LogP) is 4.36. The lowest BCUT2D eigenvalue weighted by Gasteiger charge is -2.18. The summed E-state index contributed by atoms with van der Waals surface area (Å²) in [4.78, 5) is 11.3. The second kappa shape index (κ2) is 11.3. The van der Waals surface area contributed by atoms with E-state index < -0.39 is 0 Å². The zero-order chi connectivity index (χ0) is 22.1. The minimum absolute atomic E-state index is 0.540. The average Bonchev–Trinajstić information content (AvgIpc) is 3.28. The molecule has 3 rings (SSSR count). The van der Waals surface area contributed by atoms with E-state index in [1.807, 2.05) is 12.1 Å². The summed E-state index contributed by atoms with van der Waals surface area (Å²) in [5.74, 6) is 1.36. The lowest BCUT2D eigenvalue weighted by atomic mass is 10.1. The Hall–Kier alpha value is -3.12. The smallest absolute Gasteiger partial charge is 0.226 e. The van der Waals surface area contributed by atoms with E-state index in [0.717, 1.165) is 36.9 Å². The van der Waals surface area contributed by atoms with Gasteiger partial charge in [0.05, 0.1) is 12.2 Å². The van der Waals surface area contributed by atoms with Crippen molar-refractivity contribution in [3.05, 3.63) is 77.2 Å². The van der Waals surface area contributed by atoms with Gasteiger partial charge in [0.2, 0.25) is 5.89 Å². The maximum Gasteiger partial charge on any atom is 0.226 e. The van der Waals surface area contributed by atoms with Gasteiger partial charge < -0.3 is 15.1 Å². The molecule has 0 aliphatic heterocycles. The number of rotatable bonds is 9.